The lowest BCUT2D eigenvalue weighted by atomic mass is 9.90. The molecule has 30 heavy (non-hydrogen) atoms. The first-order chi connectivity index (χ1) is 14.1. The number of aliphatic hydroxyl groups is 1. The van der Waals surface area contributed by atoms with Gasteiger partial charge in [0, 0.05) is 29.6 Å². The number of carbonyl (C=O) groups excluding carboxylic acids is 1. The van der Waals surface area contributed by atoms with E-state index in [1.165, 1.54) is 0 Å². The van der Waals surface area contributed by atoms with Crippen molar-refractivity contribution in [3.63, 3.8) is 0 Å². The Kier molecular flexibility index (Phi) is 6.70. The minimum Gasteiger partial charge on any atom is -0.457 e. The number of hydrogen-bond acceptors (Lipinski definition) is 10. The SMILES string of the molecule is CC1(N)CCN(C[C@@]23OC[C@@H](OC(=O)CC4CCSS4)[C@@H](O)[C@@H]2OC(C)(C)O3)CC1. The fourth-order valence-corrected chi connectivity index (χ4v) is 7.45. The fourth-order valence-electron chi connectivity index (χ4n) is 4.57. The topological polar surface area (TPSA) is 103 Å². The summed E-state index contributed by atoms with van der Waals surface area (Å²) in [6, 6.07) is 0. The van der Waals surface area contributed by atoms with Crippen LogP contribution in [0.4, 0.5) is 0 Å². The van der Waals surface area contributed by atoms with Crippen molar-refractivity contribution >= 4 is 27.6 Å². The van der Waals surface area contributed by atoms with Crippen LogP contribution in [0.1, 0.15) is 46.5 Å². The zero-order valence-electron chi connectivity index (χ0n) is 18.0. The number of piperidine rings is 1. The molecule has 10 heteroatoms. The molecule has 0 spiro atoms. The molecule has 3 N–H and O–H groups in total. The maximum atomic E-state index is 12.4. The average Bonchev–Trinajstić information content (AvgIpc) is 3.25. The zero-order valence-corrected chi connectivity index (χ0v) is 19.6. The van der Waals surface area contributed by atoms with Gasteiger partial charge in [0.25, 0.3) is 0 Å². The van der Waals surface area contributed by atoms with Gasteiger partial charge >= 0.3 is 5.97 Å². The van der Waals surface area contributed by atoms with E-state index in [1.807, 2.05) is 13.8 Å². The van der Waals surface area contributed by atoms with Crippen LogP contribution in [0.3, 0.4) is 0 Å². The van der Waals surface area contributed by atoms with Crippen molar-refractivity contribution < 1.29 is 28.8 Å². The number of fused-ring (bicyclic) bond motifs is 1. The Morgan fingerprint density at radius 1 is 1.30 bits per heavy atom. The van der Waals surface area contributed by atoms with Crippen LogP contribution in [-0.4, -0.2) is 88.6 Å². The number of ether oxygens (including phenoxy) is 4. The van der Waals surface area contributed by atoms with Crippen LogP contribution in [0.25, 0.3) is 0 Å². The van der Waals surface area contributed by atoms with E-state index in [0.29, 0.717) is 13.0 Å². The van der Waals surface area contributed by atoms with E-state index in [-0.39, 0.29) is 23.4 Å². The lowest BCUT2D eigenvalue weighted by molar-refractivity contribution is -0.299. The predicted molar refractivity (Wildman–Crippen MR) is 116 cm³/mol. The molecule has 4 fully saturated rings. The Labute approximate surface area is 186 Å². The van der Waals surface area contributed by atoms with Gasteiger partial charge in [0.15, 0.2) is 11.9 Å². The van der Waals surface area contributed by atoms with Crippen LogP contribution in [0.5, 0.6) is 0 Å². The van der Waals surface area contributed by atoms with Gasteiger partial charge in [-0.05, 0) is 40.0 Å². The molecule has 0 amide bonds. The summed E-state index contributed by atoms with van der Waals surface area (Å²) in [6.45, 7) is 7.92. The zero-order chi connectivity index (χ0) is 21.6. The third-order valence-electron chi connectivity index (χ3n) is 6.29. The second-order valence-corrected chi connectivity index (χ2v) is 12.4. The van der Waals surface area contributed by atoms with Crippen molar-refractivity contribution in [2.45, 2.75) is 87.1 Å². The largest absolute Gasteiger partial charge is 0.457 e. The number of likely N-dealkylation sites (tertiary alicyclic amines) is 1. The number of rotatable bonds is 5. The highest BCUT2D eigenvalue weighted by atomic mass is 33.1. The molecule has 0 bridgehead atoms. The molecule has 8 nitrogen and oxygen atoms in total. The summed E-state index contributed by atoms with van der Waals surface area (Å²) in [5, 5.41) is 11.3. The first kappa shape index (κ1) is 23.1. The van der Waals surface area contributed by atoms with Crippen LogP contribution < -0.4 is 5.73 Å². The van der Waals surface area contributed by atoms with Crippen molar-refractivity contribution in [2.24, 2.45) is 5.73 Å². The van der Waals surface area contributed by atoms with Crippen molar-refractivity contribution in [2.75, 3.05) is 32.0 Å². The van der Waals surface area contributed by atoms with Gasteiger partial charge in [0.05, 0.1) is 19.6 Å². The number of nitrogens with two attached hydrogens (primary N) is 1. The van der Waals surface area contributed by atoms with Crippen LogP contribution in [0, 0.1) is 0 Å². The third kappa shape index (κ3) is 5.11. The molecule has 4 aliphatic heterocycles. The van der Waals surface area contributed by atoms with Gasteiger partial charge in [-0.25, -0.2) is 0 Å². The van der Waals surface area contributed by atoms with E-state index >= 15 is 0 Å². The van der Waals surface area contributed by atoms with E-state index in [1.54, 1.807) is 21.6 Å². The first-order valence-electron chi connectivity index (χ1n) is 10.8. The second kappa shape index (κ2) is 8.70. The number of hydrogen-bond donors (Lipinski definition) is 2. The van der Waals surface area contributed by atoms with Gasteiger partial charge < -0.3 is 29.8 Å². The summed E-state index contributed by atoms with van der Waals surface area (Å²) in [5.74, 6) is -1.23. The number of nitrogens with zero attached hydrogens (tertiary/aromatic N) is 1. The lowest BCUT2D eigenvalue weighted by Gasteiger charge is -2.46. The minimum atomic E-state index is -1.09. The highest BCUT2D eigenvalue weighted by Crippen LogP contribution is 2.44. The third-order valence-corrected chi connectivity index (χ3v) is 9.23. The monoisotopic (exact) mass is 462 g/mol. The first-order valence-corrected chi connectivity index (χ1v) is 13.1. The van der Waals surface area contributed by atoms with Crippen molar-refractivity contribution in [3.8, 4) is 0 Å². The molecule has 5 atom stereocenters. The molecule has 0 saturated carbocycles. The Morgan fingerprint density at radius 3 is 2.70 bits per heavy atom. The summed E-state index contributed by atoms with van der Waals surface area (Å²) >= 11 is 0. The number of carbonyl (C=O) groups is 1. The molecular formula is C20H34N2O6S2. The van der Waals surface area contributed by atoms with E-state index in [2.05, 4.69) is 11.8 Å². The minimum absolute atomic E-state index is 0.0812. The molecule has 1 unspecified atom stereocenters. The highest BCUT2D eigenvalue weighted by Gasteiger charge is 2.62. The molecule has 0 aliphatic carbocycles. The summed E-state index contributed by atoms with van der Waals surface area (Å²) in [6.07, 6.45) is 0.617. The Balaban J connectivity index is 1.40. The van der Waals surface area contributed by atoms with E-state index in [4.69, 9.17) is 24.7 Å². The Bertz CT molecular complexity index is 635. The lowest BCUT2D eigenvalue weighted by Crippen LogP contribution is -2.65. The van der Waals surface area contributed by atoms with Gasteiger partial charge in [0.1, 0.15) is 12.2 Å². The quantitative estimate of drug-likeness (QED) is 0.461. The van der Waals surface area contributed by atoms with Gasteiger partial charge in [-0.2, -0.15) is 0 Å². The highest BCUT2D eigenvalue weighted by molar-refractivity contribution is 8.77. The van der Waals surface area contributed by atoms with Gasteiger partial charge in [0.2, 0.25) is 5.79 Å². The summed E-state index contributed by atoms with van der Waals surface area (Å²) in [7, 11) is 3.51. The normalized spacial score (nSPS) is 40.8. The Hall–Kier alpha value is -0.0700. The maximum absolute atomic E-state index is 12.4. The predicted octanol–water partition coefficient (Wildman–Crippen LogP) is 1.49. The van der Waals surface area contributed by atoms with Crippen LogP contribution >= 0.6 is 21.6 Å². The van der Waals surface area contributed by atoms with Crippen molar-refractivity contribution in [1.29, 1.82) is 0 Å². The van der Waals surface area contributed by atoms with Gasteiger partial charge in [-0.15, -0.1) is 0 Å². The van der Waals surface area contributed by atoms with Gasteiger partial charge in [-0.3, -0.25) is 9.69 Å². The Morgan fingerprint density at radius 2 is 2.03 bits per heavy atom. The van der Waals surface area contributed by atoms with E-state index in [0.717, 1.165) is 38.1 Å². The van der Waals surface area contributed by atoms with E-state index < -0.39 is 29.9 Å². The molecule has 0 aromatic rings. The average molecular weight is 463 g/mol. The summed E-state index contributed by atoms with van der Waals surface area (Å²) in [4.78, 5) is 14.6. The second-order valence-electron chi connectivity index (χ2n) is 9.65. The van der Waals surface area contributed by atoms with Crippen molar-refractivity contribution in [3.05, 3.63) is 0 Å². The van der Waals surface area contributed by atoms with Gasteiger partial charge in [-0.1, -0.05) is 21.6 Å². The molecule has 4 heterocycles. The maximum Gasteiger partial charge on any atom is 0.307 e. The molecule has 172 valence electrons. The number of aliphatic hydroxyl groups excluding tert-OH is 1. The summed E-state index contributed by atoms with van der Waals surface area (Å²) in [5.41, 5.74) is 6.11. The molecule has 4 saturated heterocycles. The van der Waals surface area contributed by atoms with Crippen LogP contribution in [0.15, 0.2) is 0 Å². The van der Waals surface area contributed by atoms with E-state index in [9.17, 15) is 9.90 Å². The molecule has 0 radical (unpaired) electrons. The molecule has 0 aromatic heterocycles. The standard InChI is InChI=1S/C20H34N2O6S2/c1-18(2)27-17-16(24)14(26-15(23)10-13-4-9-29-30-13)11-25-20(17,28-18)12-22-7-5-19(3,21)6-8-22/h13-14,16-17,24H,4-12,21H2,1-3H3/t13?,14-,16-,17+,20+/m1/s1. The fraction of sp³-hybridized carbons (Fsp3) is 0.950. The van der Waals surface area contributed by atoms with Crippen LogP contribution in [-0.2, 0) is 23.7 Å². The molecule has 0 aromatic carbocycles. The molecule has 4 aliphatic rings. The van der Waals surface area contributed by atoms with Crippen LogP contribution in [0.2, 0.25) is 0 Å². The van der Waals surface area contributed by atoms with Crippen molar-refractivity contribution in [1.82, 2.24) is 4.90 Å². The molecule has 4 rings (SSSR count). The smallest absolute Gasteiger partial charge is 0.307 e. The number of esters is 1. The molecular weight excluding hydrogens is 428 g/mol. The summed E-state index contributed by atoms with van der Waals surface area (Å²) < 4.78 is 24.0.